The summed E-state index contributed by atoms with van der Waals surface area (Å²) in [5.74, 6) is 0. The fourth-order valence-corrected chi connectivity index (χ4v) is 4.24. The molecule has 0 spiro atoms. The number of hydrogen-bond donors (Lipinski definition) is 0. The van der Waals surface area contributed by atoms with E-state index >= 15 is 0 Å². The van der Waals surface area contributed by atoms with Crippen LogP contribution in [0.4, 0.5) is 5.69 Å². The van der Waals surface area contributed by atoms with Crippen molar-refractivity contribution in [2.24, 2.45) is 7.05 Å². The summed E-state index contributed by atoms with van der Waals surface area (Å²) in [6.07, 6.45) is 4.40. The fourth-order valence-electron chi connectivity index (χ4n) is 3.32. The summed E-state index contributed by atoms with van der Waals surface area (Å²) in [5.41, 5.74) is 10.6. The van der Waals surface area contributed by atoms with Crippen LogP contribution in [0.15, 0.2) is 35.7 Å². The van der Waals surface area contributed by atoms with Crippen molar-refractivity contribution in [3.63, 3.8) is 0 Å². The van der Waals surface area contributed by atoms with Crippen LogP contribution in [0.1, 0.15) is 32.8 Å². The van der Waals surface area contributed by atoms with Gasteiger partial charge < -0.3 is 28.9 Å². The Kier molecular flexibility index (Phi) is 7.46. The van der Waals surface area contributed by atoms with Crippen LogP contribution in [-0.2, 0) is 7.05 Å². The highest BCUT2D eigenvalue weighted by Crippen LogP contribution is 2.32. The van der Waals surface area contributed by atoms with E-state index in [4.69, 9.17) is 0 Å². The quantitative estimate of drug-likeness (QED) is 0.390. The number of halogens is 1. The summed E-state index contributed by atoms with van der Waals surface area (Å²) in [7, 11) is 6.29. The lowest BCUT2D eigenvalue weighted by Crippen LogP contribution is -3.00. The molecule has 148 valence electrons. The Labute approximate surface area is 190 Å². The molecule has 0 aliphatic rings. The van der Waals surface area contributed by atoms with Crippen LogP contribution in [0.25, 0.3) is 23.4 Å². The van der Waals surface area contributed by atoms with Crippen LogP contribution in [0.5, 0.6) is 0 Å². The number of hydrogen-bond acceptors (Lipinski definition) is 2. The predicted octanol–water partition coefficient (Wildman–Crippen LogP) is 3.51. The molecule has 4 heteroatoms. The minimum absolute atomic E-state index is 0. The zero-order chi connectivity index (χ0) is 19.7. The molecular formula is C24H29IN2S. The maximum Gasteiger partial charge on any atom is 0.184 e. The minimum atomic E-state index is 0. The largest absolute Gasteiger partial charge is 1.00 e. The summed E-state index contributed by atoms with van der Waals surface area (Å²) in [6, 6.07) is 11.0. The van der Waals surface area contributed by atoms with E-state index in [-0.39, 0.29) is 24.0 Å². The number of benzene rings is 2. The smallest absolute Gasteiger partial charge is 0.184 e. The van der Waals surface area contributed by atoms with Crippen LogP contribution < -0.4 is 28.9 Å². The van der Waals surface area contributed by atoms with Crippen molar-refractivity contribution in [3.8, 4) is 11.3 Å². The van der Waals surface area contributed by atoms with Crippen molar-refractivity contribution in [1.82, 2.24) is 4.57 Å². The van der Waals surface area contributed by atoms with E-state index in [2.05, 4.69) is 106 Å². The third-order valence-electron chi connectivity index (χ3n) is 5.57. The Morgan fingerprint density at radius 3 is 2.21 bits per heavy atom. The lowest BCUT2D eigenvalue weighted by atomic mass is 9.93. The Hall–Kier alpha value is -1.66. The maximum atomic E-state index is 2.33. The number of aryl methyl sites for hydroxylation is 1. The lowest BCUT2D eigenvalue weighted by Gasteiger charge is -2.12. The molecule has 1 heterocycles. The van der Waals surface area contributed by atoms with Gasteiger partial charge in [0, 0.05) is 38.5 Å². The van der Waals surface area contributed by atoms with E-state index in [0.717, 1.165) is 0 Å². The molecule has 2 aromatic carbocycles. The zero-order valence-electron chi connectivity index (χ0n) is 17.8. The first kappa shape index (κ1) is 22.6. The molecule has 0 saturated carbocycles. The number of aromatic nitrogens is 1. The average molecular weight is 504 g/mol. The van der Waals surface area contributed by atoms with E-state index in [1.807, 2.05) is 0 Å². The molecule has 0 saturated heterocycles. The van der Waals surface area contributed by atoms with Gasteiger partial charge in [0.2, 0.25) is 0 Å². The van der Waals surface area contributed by atoms with Gasteiger partial charge in [-0.25, -0.2) is 4.57 Å². The summed E-state index contributed by atoms with van der Waals surface area (Å²) < 4.78 is 2.30. The highest BCUT2D eigenvalue weighted by molar-refractivity contribution is 7.11. The SMILES string of the molecule is Cc1cc(-c2cs[c+](/C=C/c3ccc(N(C)C)cc3)n2C)c(C)c(C)c1C.[I-]. The van der Waals surface area contributed by atoms with Gasteiger partial charge in [0.1, 0.15) is 5.38 Å². The number of thiazole rings is 1. The van der Waals surface area contributed by atoms with Gasteiger partial charge in [-0.2, -0.15) is 0 Å². The zero-order valence-corrected chi connectivity index (χ0v) is 20.8. The van der Waals surface area contributed by atoms with Gasteiger partial charge in [-0.15, -0.1) is 0 Å². The number of rotatable bonds is 4. The topological polar surface area (TPSA) is 8.17 Å². The standard InChI is InChI=1S/C24H29N2S.HI/c1-16-14-22(19(4)18(3)17(16)2)23-15-27-24(26(23)7)13-10-20-8-11-21(12-9-20)25(5)6;/h8-15H,1-7H3;1H/q+1;/p-1/b13-10+;. The van der Waals surface area contributed by atoms with Gasteiger partial charge in [0.05, 0.1) is 11.6 Å². The van der Waals surface area contributed by atoms with Crippen LogP contribution in [0, 0.1) is 27.7 Å². The molecule has 0 aliphatic carbocycles. The molecule has 0 aliphatic heterocycles. The van der Waals surface area contributed by atoms with Gasteiger partial charge in [-0.3, -0.25) is 0 Å². The van der Waals surface area contributed by atoms with Crippen molar-refractivity contribution < 1.29 is 24.0 Å². The molecule has 3 aromatic rings. The second kappa shape index (κ2) is 9.23. The molecule has 0 unspecified atom stereocenters. The fraction of sp³-hybridized carbons (Fsp3) is 0.292. The normalized spacial score (nSPS) is 11.0. The molecule has 1 aromatic heterocycles. The third kappa shape index (κ3) is 4.49. The Morgan fingerprint density at radius 1 is 0.964 bits per heavy atom. The molecule has 0 radical (unpaired) electrons. The third-order valence-corrected chi connectivity index (χ3v) is 6.56. The lowest BCUT2D eigenvalue weighted by molar-refractivity contribution is -0.00000564. The first-order chi connectivity index (χ1) is 12.8. The van der Waals surface area contributed by atoms with Crippen molar-refractivity contribution in [1.29, 1.82) is 0 Å². The minimum Gasteiger partial charge on any atom is -1.00 e. The van der Waals surface area contributed by atoms with Crippen LogP contribution in [0.3, 0.4) is 0 Å². The molecule has 0 amide bonds. The highest BCUT2D eigenvalue weighted by Gasteiger charge is 2.18. The van der Waals surface area contributed by atoms with Crippen molar-refractivity contribution >= 4 is 29.2 Å². The molecule has 28 heavy (non-hydrogen) atoms. The van der Waals surface area contributed by atoms with Gasteiger partial charge in [-0.1, -0.05) is 0 Å². The van der Waals surface area contributed by atoms with E-state index in [1.54, 1.807) is 11.3 Å². The summed E-state index contributed by atoms with van der Waals surface area (Å²) in [5, 5.41) is 3.52. The van der Waals surface area contributed by atoms with Gasteiger partial charge in [0.15, 0.2) is 10.7 Å². The van der Waals surface area contributed by atoms with Gasteiger partial charge in [-0.05, 0) is 91.6 Å². The van der Waals surface area contributed by atoms with Crippen LogP contribution >= 0.6 is 11.3 Å². The maximum absolute atomic E-state index is 2.33. The summed E-state index contributed by atoms with van der Waals surface area (Å²) in [6.45, 7) is 8.88. The molecule has 0 atom stereocenters. The van der Waals surface area contributed by atoms with E-state index < -0.39 is 0 Å². The molecule has 0 N–H and O–H groups in total. The van der Waals surface area contributed by atoms with Gasteiger partial charge >= 0.3 is 0 Å². The molecule has 2 nitrogen and oxygen atoms in total. The first-order valence-corrected chi connectivity index (χ1v) is 10.2. The van der Waals surface area contributed by atoms with Crippen molar-refractivity contribution in [3.05, 3.63) is 68.5 Å². The van der Waals surface area contributed by atoms with Crippen molar-refractivity contribution in [2.75, 3.05) is 19.0 Å². The Morgan fingerprint density at radius 2 is 1.61 bits per heavy atom. The Balaban J connectivity index is 0.00000280. The van der Waals surface area contributed by atoms with Crippen LogP contribution in [0.2, 0.25) is 0 Å². The average Bonchev–Trinajstić information content (AvgIpc) is 3.02. The highest BCUT2D eigenvalue weighted by atomic mass is 127. The van der Waals surface area contributed by atoms with E-state index in [1.165, 1.54) is 49.8 Å². The molecular weight excluding hydrogens is 475 g/mol. The number of anilines is 1. The van der Waals surface area contributed by atoms with Crippen molar-refractivity contribution in [2.45, 2.75) is 27.7 Å². The second-order valence-electron chi connectivity index (χ2n) is 7.45. The predicted molar refractivity (Wildman–Crippen MR) is 122 cm³/mol. The first-order valence-electron chi connectivity index (χ1n) is 9.30. The summed E-state index contributed by atoms with van der Waals surface area (Å²) in [4.78, 5) is 2.12. The Bertz CT molecular complexity index is 998. The van der Waals surface area contributed by atoms with Gasteiger partial charge in [0.25, 0.3) is 0 Å². The molecule has 0 fully saturated rings. The van der Waals surface area contributed by atoms with E-state index in [0.29, 0.717) is 0 Å². The van der Waals surface area contributed by atoms with Crippen LogP contribution in [-0.4, -0.2) is 18.7 Å². The molecule has 0 bridgehead atoms. The monoisotopic (exact) mass is 504 g/mol. The second-order valence-corrected chi connectivity index (χ2v) is 8.34. The van der Waals surface area contributed by atoms with E-state index in [9.17, 15) is 0 Å². The summed E-state index contributed by atoms with van der Waals surface area (Å²) >= 11 is 1.79. The number of nitrogens with zero attached hydrogens (tertiary/aromatic N) is 2. The molecule has 3 rings (SSSR count).